The number of nitriles is 1. The van der Waals surface area contributed by atoms with Crippen LogP contribution in [-0.4, -0.2) is 23.8 Å². The molecule has 0 saturated heterocycles. The molecule has 2 N–H and O–H groups in total. The average Bonchev–Trinajstić information content (AvgIpc) is 2.35. The molecule has 1 rings (SSSR count). The van der Waals surface area contributed by atoms with Gasteiger partial charge in [-0.3, -0.25) is 10.1 Å². The molecule has 0 amide bonds. The van der Waals surface area contributed by atoms with Gasteiger partial charge in [-0.15, -0.1) is 0 Å². The molecule has 0 fully saturated rings. The lowest BCUT2D eigenvalue weighted by Gasteiger charge is -2.22. The Morgan fingerprint density at radius 2 is 1.86 bits per heavy atom. The van der Waals surface area contributed by atoms with E-state index in [1.165, 1.54) is 6.07 Å². The lowest BCUT2D eigenvalue weighted by molar-refractivity contribution is -0.160. The summed E-state index contributed by atoms with van der Waals surface area (Å²) in [5, 5.41) is 18.6. The molecule has 0 spiro atoms. The molecule has 0 radical (unpaired) electrons. The van der Waals surface area contributed by atoms with E-state index in [-0.39, 0.29) is 6.07 Å². The van der Waals surface area contributed by atoms with Crippen LogP contribution >= 0.6 is 0 Å². The summed E-state index contributed by atoms with van der Waals surface area (Å²) in [6.07, 6.45) is -10.0. The van der Waals surface area contributed by atoms with E-state index in [0.29, 0.717) is 12.1 Å². The molecule has 0 bridgehead atoms. The molecular weight excluding hydrogens is 318 g/mol. The van der Waals surface area contributed by atoms with Crippen LogP contribution in [0.3, 0.4) is 0 Å². The van der Waals surface area contributed by atoms with Gasteiger partial charge in [0.1, 0.15) is 6.04 Å². The SMILES string of the molecule is N#Cc1ccc(C(NCC(=O)O)C(F)(F)F)cc1C(F)(F)F. The lowest BCUT2D eigenvalue weighted by atomic mass is 9.99. The van der Waals surface area contributed by atoms with Gasteiger partial charge in [0, 0.05) is 0 Å². The molecule has 0 aliphatic heterocycles. The third-order valence-electron chi connectivity index (χ3n) is 2.59. The van der Waals surface area contributed by atoms with E-state index in [1.807, 2.05) is 0 Å². The molecule has 22 heavy (non-hydrogen) atoms. The number of aliphatic carboxylic acids is 1. The lowest BCUT2D eigenvalue weighted by Crippen LogP contribution is -2.37. The Bertz CT molecular complexity index is 603. The van der Waals surface area contributed by atoms with E-state index < -0.39 is 47.6 Å². The number of hydrogen-bond donors (Lipinski definition) is 2. The Kier molecular flexibility index (Phi) is 5.03. The van der Waals surface area contributed by atoms with Crippen molar-refractivity contribution in [2.75, 3.05) is 6.54 Å². The van der Waals surface area contributed by atoms with E-state index >= 15 is 0 Å². The van der Waals surface area contributed by atoms with E-state index in [1.54, 1.807) is 5.32 Å². The van der Waals surface area contributed by atoms with Crippen LogP contribution in [0.25, 0.3) is 0 Å². The molecule has 0 aromatic heterocycles. The van der Waals surface area contributed by atoms with Crippen LogP contribution < -0.4 is 5.32 Å². The highest BCUT2D eigenvalue weighted by Gasteiger charge is 2.42. The Labute approximate surface area is 120 Å². The maximum atomic E-state index is 12.9. The summed E-state index contributed by atoms with van der Waals surface area (Å²) in [5.74, 6) is -1.60. The Morgan fingerprint density at radius 1 is 1.27 bits per heavy atom. The predicted octanol–water partition coefficient (Wildman–Crippen LogP) is 2.85. The van der Waals surface area contributed by atoms with Crippen molar-refractivity contribution in [3.05, 3.63) is 34.9 Å². The van der Waals surface area contributed by atoms with Gasteiger partial charge in [0.25, 0.3) is 0 Å². The van der Waals surface area contributed by atoms with Crippen molar-refractivity contribution in [2.24, 2.45) is 0 Å². The van der Waals surface area contributed by atoms with Gasteiger partial charge in [0.05, 0.1) is 23.7 Å². The third-order valence-corrected chi connectivity index (χ3v) is 2.59. The van der Waals surface area contributed by atoms with Crippen LogP contribution in [0.4, 0.5) is 26.3 Å². The maximum absolute atomic E-state index is 12.9. The molecule has 0 aliphatic carbocycles. The highest BCUT2D eigenvalue weighted by molar-refractivity contribution is 5.69. The molecule has 120 valence electrons. The first kappa shape index (κ1) is 17.8. The monoisotopic (exact) mass is 326 g/mol. The summed E-state index contributed by atoms with van der Waals surface area (Å²) < 4.78 is 76.8. The number of rotatable bonds is 4. The number of carboxylic acids is 1. The number of nitrogens with zero attached hydrogens (tertiary/aromatic N) is 1. The van der Waals surface area contributed by atoms with Gasteiger partial charge in [-0.05, 0) is 17.7 Å². The molecule has 1 unspecified atom stereocenters. The summed E-state index contributed by atoms with van der Waals surface area (Å²) in [6, 6.07) is 0.134. The number of carbonyl (C=O) groups is 1. The van der Waals surface area contributed by atoms with E-state index in [0.717, 1.165) is 0 Å². The molecule has 10 heteroatoms. The van der Waals surface area contributed by atoms with Gasteiger partial charge in [-0.25, -0.2) is 0 Å². The number of hydrogen-bond acceptors (Lipinski definition) is 3. The summed E-state index contributed by atoms with van der Waals surface area (Å²) in [5.41, 5.74) is -3.17. The topological polar surface area (TPSA) is 73.1 Å². The van der Waals surface area contributed by atoms with Crippen LogP contribution in [0.2, 0.25) is 0 Å². The van der Waals surface area contributed by atoms with E-state index in [2.05, 4.69) is 0 Å². The van der Waals surface area contributed by atoms with Crippen molar-refractivity contribution >= 4 is 5.97 Å². The number of halogens is 6. The second-order valence-corrected chi connectivity index (χ2v) is 4.16. The average molecular weight is 326 g/mol. The fourth-order valence-corrected chi connectivity index (χ4v) is 1.69. The smallest absolute Gasteiger partial charge is 0.417 e. The van der Waals surface area contributed by atoms with E-state index in [4.69, 9.17) is 10.4 Å². The molecule has 1 atom stereocenters. The number of nitrogens with one attached hydrogen (secondary N) is 1. The zero-order chi connectivity index (χ0) is 17.1. The number of benzene rings is 1. The van der Waals surface area contributed by atoms with Crippen molar-refractivity contribution in [3.63, 3.8) is 0 Å². The zero-order valence-corrected chi connectivity index (χ0v) is 10.6. The fraction of sp³-hybridized carbons (Fsp3) is 0.333. The van der Waals surface area contributed by atoms with Crippen LogP contribution in [0.15, 0.2) is 18.2 Å². The zero-order valence-electron chi connectivity index (χ0n) is 10.6. The molecular formula is C12H8F6N2O2. The Morgan fingerprint density at radius 3 is 2.27 bits per heavy atom. The van der Waals surface area contributed by atoms with Crippen LogP contribution in [0.1, 0.15) is 22.7 Å². The highest BCUT2D eigenvalue weighted by atomic mass is 19.4. The van der Waals surface area contributed by atoms with Gasteiger partial charge in [-0.2, -0.15) is 31.6 Å². The maximum Gasteiger partial charge on any atom is 0.417 e. The fourth-order valence-electron chi connectivity index (χ4n) is 1.69. The van der Waals surface area contributed by atoms with Crippen LogP contribution in [0, 0.1) is 11.3 Å². The minimum atomic E-state index is -5.01. The molecule has 4 nitrogen and oxygen atoms in total. The van der Waals surface area contributed by atoms with Gasteiger partial charge in [-0.1, -0.05) is 6.07 Å². The molecule has 1 aromatic carbocycles. The van der Waals surface area contributed by atoms with Crippen molar-refractivity contribution in [1.29, 1.82) is 5.26 Å². The quantitative estimate of drug-likeness (QED) is 0.835. The van der Waals surface area contributed by atoms with E-state index in [9.17, 15) is 31.1 Å². The minimum absolute atomic E-state index is 0.186. The molecule has 0 aliphatic rings. The Balaban J connectivity index is 3.32. The normalized spacial score (nSPS) is 13.5. The minimum Gasteiger partial charge on any atom is -0.480 e. The summed E-state index contributed by atoms with van der Waals surface area (Å²) in [6.45, 7) is -1.09. The van der Waals surface area contributed by atoms with Gasteiger partial charge in [0.2, 0.25) is 0 Å². The van der Waals surface area contributed by atoms with Crippen molar-refractivity contribution in [2.45, 2.75) is 18.4 Å². The molecule has 0 heterocycles. The van der Waals surface area contributed by atoms with Crippen molar-refractivity contribution in [3.8, 4) is 6.07 Å². The second kappa shape index (κ2) is 6.23. The third kappa shape index (κ3) is 4.36. The number of carboxylic acid groups (broad SMARTS) is 1. The summed E-state index contributed by atoms with van der Waals surface area (Å²) >= 11 is 0. The molecule has 1 aromatic rings. The van der Waals surface area contributed by atoms with Crippen molar-refractivity contribution in [1.82, 2.24) is 5.32 Å². The largest absolute Gasteiger partial charge is 0.480 e. The summed E-state index contributed by atoms with van der Waals surface area (Å²) in [7, 11) is 0. The van der Waals surface area contributed by atoms with Crippen LogP contribution in [0.5, 0.6) is 0 Å². The second-order valence-electron chi connectivity index (χ2n) is 4.16. The van der Waals surface area contributed by atoms with Crippen molar-refractivity contribution < 1.29 is 36.2 Å². The van der Waals surface area contributed by atoms with Gasteiger partial charge >= 0.3 is 18.3 Å². The highest BCUT2D eigenvalue weighted by Crippen LogP contribution is 2.37. The standard InChI is InChI=1S/C12H8F6N2O2/c13-11(14,15)8-3-6(1-2-7(8)4-19)10(12(16,17)18)20-5-9(21)22/h1-3,10,20H,5H2,(H,21,22). The predicted molar refractivity (Wildman–Crippen MR) is 60.6 cm³/mol. The number of alkyl halides is 6. The first-order chi connectivity index (χ1) is 9.96. The Hall–Kier alpha value is -2.28. The first-order valence-corrected chi connectivity index (χ1v) is 5.60. The molecule has 0 saturated carbocycles. The first-order valence-electron chi connectivity index (χ1n) is 5.60. The van der Waals surface area contributed by atoms with Gasteiger partial charge in [0.15, 0.2) is 0 Å². The van der Waals surface area contributed by atoms with Gasteiger partial charge < -0.3 is 5.11 Å². The summed E-state index contributed by atoms with van der Waals surface area (Å²) in [4.78, 5) is 10.3. The van der Waals surface area contributed by atoms with Crippen LogP contribution in [-0.2, 0) is 11.0 Å².